The third-order valence-corrected chi connectivity index (χ3v) is 10.1. The van der Waals surface area contributed by atoms with Gasteiger partial charge in [-0.05, 0) is 78.8 Å². The number of hydrogen-bond acceptors (Lipinski definition) is 2. The maximum Gasteiger partial charge on any atom is 0.525 e. The van der Waals surface area contributed by atoms with Crippen molar-refractivity contribution in [2.45, 2.75) is 0 Å². The first kappa shape index (κ1) is 32.9. The molecule has 2 aliphatic heterocycles. The number of hydrazone groups is 1. The average Bonchev–Trinajstić information content (AvgIpc) is 3.86. The molecular weight excluding hydrogens is 687 g/mol. The van der Waals surface area contributed by atoms with Crippen LogP contribution in [0.3, 0.4) is 0 Å². The Hall–Kier alpha value is -7.75. The Balaban J connectivity index is 1.11. The van der Waals surface area contributed by atoms with Crippen LogP contribution in [-0.4, -0.2) is 34.2 Å². The number of para-hydroxylation sites is 1. The van der Waals surface area contributed by atoms with Gasteiger partial charge in [-0.2, -0.15) is 0 Å². The SMILES string of the molecule is C[N+]1=C=[N+](c2cccc(Oc3cccc([N+]4=C=[N+](c5c(-c6ccccc6)cccc5-c5ccccc5)c5c4ccc4ccccc54)c3)c2)C(c2ccccc2)=N1. The second-order valence-corrected chi connectivity index (χ2v) is 13.7. The van der Waals surface area contributed by atoms with Crippen molar-refractivity contribution in [1.82, 2.24) is 9.15 Å². The van der Waals surface area contributed by atoms with Gasteiger partial charge in [-0.1, -0.05) is 115 Å². The lowest BCUT2D eigenvalue weighted by atomic mass is 9.95. The highest BCUT2D eigenvalue weighted by atomic mass is 16.5. The van der Waals surface area contributed by atoms with Crippen molar-refractivity contribution in [3.63, 3.8) is 0 Å². The highest BCUT2D eigenvalue weighted by Crippen LogP contribution is 2.47. The molecule has 0 radical (unpaired) electrons. The summed E-state index contributed by atoms with van der Waals surface area (Å²) in [6.07, 6.45) is 0. The number of benzene rings is 8. The maximum atomic E-state index is 6.59. The maximum absolute atomic E-state index is 6.59. The second-order valence-electron chi connectivity index (χ2n) is 13.7. The van der Waals surface area contributed by atoms with E-state index in [-0.39, 0.29) is 0 Å². The van der Waals surface area contributed by atoms with E-state index in [1.165, 1.54) is 0 Å². The summed E-state index contributed by atoms with van der Waals surface area (Å²) in [6.45, 7) is 0. The van der Waals surface area contributed by atoms with Gasteiger partial charge < -0.3 is 4.74 Å². The van der Waals surface area contributed by atoms with E-state index in [9.17, 15) is 0 Å². The first-order chi connectivity index (χ1) is 27.7. The van der Waals surface area contributed by atoms with Crippen molar-refractivity contribution in [2.75, 3.05) is 7.05 Å². The molecule has 0 unspecified atom stereocenters. The number of fused-ring (bicyclic) bond motifs is 3. The van der Waals surface area contributed by atoms with Crippen molar-refractivity contribution in [2.24, 2.45) is 5.10 Å². The minimum atomic E-state index is 0.704. The Bertz CT molecular complexity index is 2950. The zero-order valence-corrected chi connectivity index (χ0v) is 30.6. The van der Waals surface area contributed by atoms with Crippen LogP contribution in [0.4, 0.5) is 28.4 Å². The Kier molecular flexibility index (Phi) is 8.16. The van der Waals surface area contributed by atoms with Crippen molar-refractivity contribution in [3.8, 4) is 33.8 Å². The van der Waals surface area contributed by atoms with Crippen LogP contribution in [0.1, 0.15) is 5.56 Å². The van der Waals surface area contributed by atoms with Crippen LogP contribution in [-0.2, 0) is 0 Å². The summed E-state index contributed by atoms with van der Waals surface area (Å²) < 4.78 is 14.7. The van der Waals surface area contributed by atoms with E-state index in [0.29, 0.717) is 11.5 Å². The fourth-order valence-corrected chi connectivity index (χ4v) is 7.57. The van der Waals surface area contributed by atoms with Gasteiger partial charge in [0, 0.05) is 22.9 Å². The molecule has 0 atom stereocenters. The monoisotopic (exact) mass is 721 g/mol. The quantitative estimate of drug-likeness (QED) is 0.144. The summed E-state index contributed by atoms with van der Waals surface area (Å²) in [4.78, 5) is 0. The first-order valence-corrected chi connectivity index (χ1v) is 18.6. The summed E-state index contributed by atoms with van der Waals surface area (Å²) in [6, 6.07) is 74.2. The zero-order valence-electron chi connectivity index (χ0n) is 30.6. The second kappa shape index (κ2) is 13.9. The third-order valence-electron chi connectivity index (χ3n) is 10.1. The van der Waals surface area contributed by atoms with Crippen LogP contribution in [0.2, 0.25) is 0 Å². The van der Waals surface area contributed by atoms with Gasteiger partial charge in [0.15, 0.2) is 7.05 Å². The molecule has 0 amide bonds. The van der Waals surface area contributed by atoms with E-state index in [2.05, 4.69) is 161 Å². The molecule has 0 saturated heterocycles. The molecule has 2 aliphatic rings. The largest absolute Gasteiger partial charge is 0.525 e. The van der Waals surface area contributed by atoms with Gasteiger partial charge in [-0.25, -0.2) is 0 Å². The molecule has 0 fully saturated rings. The standard InChI is InChI=1S/C50H35N5O/c1-52-34-54(50(51-52)39-21-9-4-10-22-39)41-24-14-26-43(33-41)56-42-25-13-23-40(32-42)53-35-55(49-46-27-12-11-20-38(46)30-31-47(49)53)48-44(36-16-5-2-6-17-36)28-15-29-45(48)37-18-7-3-8-19-37/h2-33H,1H3/q+4. The van der Waals surface area contributed by atoms with Gasteiger partial charge in [0.25, 0.3) is 5.69 Å². The number of nitrogens with zero attached hydrogens (tertiary/aromatic N) is 5. The van der Waals surface area contributed by atoms with Gasteiger partial charge in [-0.3, -0.25) is 0 Å². The van der Waals surface area contributed by atoms with E-state index in [1.807, 2.05) is 66.2 Å². The van der Waals surface area contributed by atoms with Crippen LogP contribution in [0, 0.1) is 0 Å². The van der Waals surface area contributed by atoms with E-state index in [0.717, 1.165) is 72.9 Å². The molecule has 0 bridgehead atoms. The molecule has 56 heavy (non-hydrogen) atoms. The molecule has 262 valence electrons. The average molecular weight is 722 g/mol. The van der Waals surface area contributed by atoms with Crippen LogP contribution < -0.4 is 13.9 Å². The minimum Gasteiger partial charge on any atom is -0.457 e. The Morgan fingerprint density at radius 3 is 1.64 bits per heavy atom. The Morgan fingerprint density at radius 2 is 1.00 bits per heavy atom. The molecule has 0 aromatic heterocycles. The summed E-state index contributed by atoms with van der Waals surface area (Å²) in [5.74, 6) is 2.21. The van der Waals surface area contributed by atoms with E-state index < -0.39 is 0 Å². The minimum absolute atomic E-state index is 0.704. The van der Waals surface area contributed by atoms with Crippen LogP contribution in [0.5, 0.6) is 11.5 Å². The van der Waals surface area contributed by atoms with Gasteiger partial charge in [0.05, 0.1) is 39.3 Å². The first-order valence-electron chi connectivity index (χ1n) is 18.6. The van der Waals surface area contributed by atoms with E-state index in [1.54, 1.807) is 4.68 Å². The topological polar surface area (TPSA) is 33.6 Å². The molecule has 6 heteroatoms. The highest BCUT2D eigenvalue weighted by molar-refractivity contribution is 6.06. The fourth-order valence-electron chi connectivity index (χ4n) is 7.57. The molecule has 8 aromatic rings. The smallest absolute Gasteiger partial charge is 0.457 e. The highest BCUT2D eigenvalue weighted by Gasteiger charge is 2.41. The number of rotatable bonds is 8. The lowest BCUT2D eigenvalue weighted by Crippen LogP contribution is -2.14. The van der Waals surface area contributed by atoms with Gasteiger partial charge in [0.1, 0.15) is 11.5 Å². The molecule has 2 heterocycles. The van der Waals surface area contributed by atoms with Crippen LogP contribution in [0.15, 0.2) is 199 Å². The number of amidine groups is 1. The summed E-state index contributed by atoms with van der Waals surface area (Å²) >= 11 is 0. The molecule has 6 nitrogen and oxygen atoms in total. The number of hydrogen-bond donors (Lipinski definition) is 0. The lowest BCUT2D eigenvalue weighted by molar-refractivity contribution is -0.499. The van der Waals surface area contributed by atoms with Crippen LogP contribution >= 0.6 is 0 Å². The van der Waals surface area contributed by atoms with E-state index >= 15 is 0 Å². The van der Waals surface area contributed by atoms with Crippen molar-refractivity contribution >= 4 is 57.1 Å². The molecular formula is C50H35N5O+4. The summed E-state index contributed by atoms with van der Waals surface area (Å²) in [5, 5.41) is 7.01. The Labute approximate surface area is 324 Å². The molecule has 0 aliphatic carbocycles. The molecule has 0 spiro atoms. The third kappa shape index (κ3) is 5.94. The summed E-state index contributed by atoms with van der Waals surface area (Å²) in [7, 11) is 1.88. The van der Waals surface area contributed by atoms with Crippen LogP contribution in [0.25, 0.3) is 33.0 Å². The zero-order chi connectivity index (χ0) is 37.4. The van der Waals surface area contributed by atoms with Crippen molar-refractivity contribution in [1.29, 1.82) is 0 Å². The van der Waals surface area contributed by atoms with Gasteiger partial charge in [-0.15, -0.1) is 0 Å². The number of ether oxygens (including phenoxy) is 1. The predicted molar refractivity (Wildman–Crippen MR) is 226 cm³/mol. The van der Waals surface area contributed by atoms with E-state index in [4.69, 9.17) is 9.84 Å². The molecule has 8 aromatic carbocycles. The van der Waals surface area contributed by atoms with Gasteiger partial charge in [0.2, 0.25) is 17.1 Å². The molecule has 10 rings (SSSR count). The van der Waals surface area contributed by atoms with Gasteiger partial charge >= 0.3 is 23.5 Å². The lowest BCUT2D eigenvalue weighted by Gasteiger charge is -2.11. The van der Waals surface area contributed by atoms with Crippen molar-refractivity contribution in [3.05, 3.63) is 200 Å². The molecule has 0 saturated carbocycles. The van der Waals surface area contributed by atoms with Crippen molar-refractivity contribution < 1.29 is 14.0 Å². The Morgan fingerprint density at radius 1 is 0.446 bits per heavy atom. The molecule has 0 N–H and O–H groups in total. The fraction of sp³-hybridized carbons (Fsp3) is 0.0200. The predicted octanol–water partition coefficient (Wildman–Crippen LogP) is 11.7. The summed E-state index contributed by atoms with van der Waals surface area (Å²) in [5.41, 5.74) is 10.5. The normalized spacial score (nSPS) is 13.1.